The van der Waals surface area contributed by atoms with Crippen molar-refractivity contribution in [2.75, 3.05) is 19.1 Å². The van der Waals surface area contributed by atoms with E-state index >= 15 is 0 Å². The van der Waals surface area contributed by atoms with Crippen molar-refractivity contribution in [1.29, 1.82) is 0 Å². The first-order valence-corrected chi connectivity index (χ1v) is 10.3. The van der Waals surface area contributed by atoms with Gasteiger partial charge in [0.2, 0.25) is 0 Å². The van der Waals surface area contributed by atoms with Crippen LogP contribution in [0.15, 0.2) is 46.8 Å². The van der Waals surface area contributed by atoms with Crippen LogP contribution < -0.4 is 5.32 Å². The third-order valence-corrected chi connectivity index (χ3v) is 4.68. The Morgan fingerprint density at radius 3 is 2.48 bits per heavy atom. The lowest BCUT2D eigenvalue weighted by atomic mass is 9.78. The summed E-state index contributed by atoms with van der Waals surface area (Å²) in [6.45, 7) is 8.66. The molecule has 0 bridgehead atoms. The predicted molar refractivity (Wildman–Crippen MR) is 117 cm³/mol. The maximum atomic E-state index is 13.1. The molecule has 1 aromatic carbocycles. The number of non-ortho nitro benzene ring substituents is 1. The molecule has 8 nitrogen and oxygen atoms in total. The standard InChI is InChI=1S/C22H27ClN2O6/c1-13-18(21(27)31-22(3,4)5)20(15-7-6-8-16(11-15)25(28)29)19(14(2)26)17(24-13)12-30-10-9-23/h6-8,11,20,24H,9-10,12H2,1-5H3. The number of allylic oxidation sites excluding steroid dienone is 2. The van der Waals surface area contributed by atoms with Crippen molar-refractivity contribution in [3.63, 3.8) is 0 Å². The largest absolute Gasteiger partial charge is 0.457 e. The number of halogens is 1. The number of rotatable bonds is 8. The fraction of sp³-hybridized carbons (Fsp3) is 0.455. The van der Waals surface area contributed by atoms with E-state index in [0.29, 0.717) is 22.5 Å². The number of hydrogen-bond acceptors (Lipinski definition) is 7. The van der Waals surface area contributed by atoms with Crippen LogP contribution in [0.4, 0.5) is 5.69 Å². The average molecular weight is 451 g/mol. The zero-order valence-corrected chi connectivity index (χ0v) is 19.0. The molecule has 1 aromatic rings. The van der Waals surface area contributed by atoms with E-state index in [9.17, 15) is 19.7 Å². The summed E-state index contributed by atoms with van der Waals surface area (Å²) >= 11 is 5.68. The predicted octanol–water partition coefficient (Wildman–Crippen LogP) is 4.00. The highest BCUT2D eigenvalue weighted by Crippen LogP contribution is 2.40. The molecule has 0 radical (unpaired) electrons. The summed E-state index contributed by atoms with van der Waals surface area (Å²) in [5.41, 5.74) is 1.03. The first kappa shape index (κ1) is 24.6. The van der Waals surface area contributed by atoms with Crippen LogP contribution in [0.25, 0.3) is 0 Å². The highest BCUT2D eigenvalue weighted by Gasteiger charge is 2.38. The van der Waals surface area contributed by atoms with E-state index < -0.39 is 22.4 Å². The first-order chi connectivity index (χ1) is 14.5. The molecule has 0 saturated carbocycles. The maximum absolute atomic E-state index is 13.1. The van der Waals surface area contributed by atoms with Crippen molar-refractivity contribution in [1.82, 2.24) is 5.32 Å². The number of benzene rings is 1. The number of ketones is 1. The van der Waals surface area contributed by atoms with Crippen LogP contribution in [0, 0.1) is 10.1 Å². The Hall–Kier alpha value is -2.71. The molecule has 0 amide bonds. The molecule has 9 heteroatoms. The molecule has 0 fully saturated rings. The number of carbonyl (C=O) groups excluding carboxylic acids is 2. The SMILES string of the molecule is CC(=O)C1=C(COCCCl)NC(C)=C(C(=O)OC(C)(C)C)C1c1cccc([N+](=O)[O-])c1. The molecule has 1 aliphatic rings. The number of nitro groups is 1. The summed E-state index contributed by atoms with van der Waals surface area (Å²) in [4.78, 5) is 36.7. The summed E-state index contributed by atoms with van der Waals surface area (Å²) in [5, 5.41) is 14.4. The zero-order valence-electron chi connectivity index (χ0n) is 18.3. The molecule has 1 N–H and O–H groups in total. The van der Waals surface area contributed by atoms with E-state index in [0.717, 1.165) is 0 Å². The number of nitrogens with one attached hydrogen (secondary N) is 1. The number of ether oxygens (including phenoxy) is 2. The van der Waals surface area contributed by atoms with Gasteiger partial charge in [0.1, 0.15) is 5.60 Å². The maximum Gasteiger partial charge on any atom is 0.337 e. The first-order valence-electron chi connectivity index (χ1n) is 9.79. The van der Waals surface area contributed by atoms with E-state index in [-0.39, 0.29) is 36.1 Å². The Morgan fingerprint density at radius 2 is 1.94 bits per heavy atom. The van der Waals surface area contributed by atoms with Crippen LogP contribution >= 0.6 is 11.6 Å². The summed E-state index contributed by atoms with van der Waals surface area (Å²) in [6, 6.07) is 5.91. The van der Waals surface area contributed by atoms with E-state index in [1.165, 1.54) is 25.1 Å². The second kappa shape index (κ2) is 10.1. The molecular formula is C22H27ClN2O6. The van der Waals surface area contributed by atoms with Gasteiger partial charge in [-0.05, 0) is 40.2 Å². The van der Waals surface area contributed by atoms with Crippen LogP contribution in [-0.4, -0.2) is 41.4 Å². The highest BCUT2D eigenvalue weighted by atomic mass is 35.5. The molecule has 0 saturated heterocycles. The van der Waals surface area contributed by atoms with Crippen LogP contribution in [0.3, 0.4) is 0 Å². The summed E-state index contributed by atoms with van der Waals surface area (Å²) in [7, 11) is 0. The van der Waals surface area contributed by atoms with Crippen molar-refractivity contribution in [2.24, 2.45) is 0 Å². The van der Waals surface area contributed by atoms with Gasteiger partial charge in [-0.1, -0.05) is 12.1 Å². The third-order valence-electron chi connectivity index (χ3n) is 4.53. The topological polar surface area (TPSA) is 108 Å². The number of Topliss-reactive ketones (excluding diaryl/α,β-unsaturated/α-hetero) is 1. The smallest absolute Gasteiger partial charge is 0.337 e. The Kier molecular flexibility index (Phi) is 7.97. The molecule has 0 aromatic heterocycles. The van der Waals surface area contributed by atoms with Gasteiger partial charge in [0.15, 0.2) is 5.78 Å². The Balaban J connectivity index is 2.68. The molecule has 1 atom stereocenters. The molecule has 0 spiro atoms. The number of alkyl halides is 1. The van der Waals surface area contributed by atoms with Gasteiger partial charge in [-0.3, -0.25) is 14.9 Å². The van der Waals surface area contributed by atoms with Gasteiger partial charge >= 0.3 is 5.97 Å². The third kappa shape index (κ3) is 6.15. The van der Waals surface area contributed by atoms with Gasteiger partial charge in [0, 0.05) is 40.9 Å². The van der Waals surface area contributed by atoms with E-state index in [2.05, 4.69) is 5.32 Å². The fourth-order valence-corrected chi connectivity index (χ4v) is 3.52. The number of hydrogen-bond donors (Lipinski definition) is 1. The summed E-state index contributed by atoms with van der Waals surface area (Å²) in [5.74, 6) is -1.45. The van der Waals surface area contributed by atoms with Gasteiger partial charge in [-0.15, -0.1) is 11.6 Å². The van der Waals surface area contributed by atoms with Gasteiger partial charge in [-0.25, -0.2) is 4.79 Å². The van der Waals surface area contributed by atoms with Gasteiger partial charge in [-0.2, -0.15) is 0 Å². The molecular weight excluding hydrogens is 424 g/mol. The number of nitrogens with zero attached hydrogens (tertiary/aromatic N) is 1. The minimum Gasteiger partial charge on any atom is -0.457 e. The van der Waals surface area contributed by atoms with E-state index in [1.54, 1.807) is 33.8 Å². The second-order valence-corrected chi connectivity index (χ2v) is 8.52. The van der Waals surface area contributed by atoms with Crippen molar-refractivity contribution in [3.8, 4) is 0 Å². The minimum atomic E-state index is -0.844. The van der Waals surface area contributed by atoms with Crippen LogP contribution in [-0.2, 0) is 19.1 Å². The van der Waals surface area contributed by atoms with Crippen molar-refractivity contribution < 1.29 is 24.0 Å². The summed E-state index contributed by atoms with van der Waals surface area (Å²) in [6.07, 6.45) is 0. The second-order valence-electron chi connectivity index (χ2n) is 8.14. The average Bonchev–Trinajstić information content (AvgIpc) is 2.65. The van der Waals surface area contributed by atoms with Crippen LogP contribution in [0.5, 0.6) is 0 Å². The monoisotopic (exact) mass is 450 g/mol. The molecule has 1 heterocycles. The van der Waals surface area contributed by atoms with Gasteiger partial charge < -0.3 is 14.8 Å². The number of carbonyl (C=O) groups is 2. The molecule has 1 unspecified atom stereocenters. The van der Waals surface area contributed by atoms with Gasteiger partial charge in [0.25, 0.3) is 5.69 Å². The van der Waals surface area contributed by atoms with Crippen molar-refractivity contribution >= 4 is 29.0 Å². The molecule has 1 aliphatic heterocycles. The lowest BCUT2D eigenvalue weighted by Gasteiger charge is -2.33. The number of nitro benzene ring substituents is 1. The molecule has 2 rings (SSSR count). The van der Waals surface area contributed by atoms with E-state index in [4.69, 9.17) is 21.1 Å². The lowest BCUT2D eigenvalue weighted by Crippen LogP contribution is -2.36. The minimum absolute atomic E-state index is 0.0754. The van der Waals surface area contributed by atoms with Crippen molar-refractivity contribution in [3.05, 3.63) is 62.5 Å². The Labute approximate surface area is 186 Å². The molecule has 31 heavy (non-hydrogen) atoms. The Morgan fingerprint density at radius 1 is 1.26 bits per heavy atom. The lowest BCUT2D eigenvalue weighted by molar-refractivity contribution is -0.384. The quantitative estimate of drug-likeness (QED) is 0.210. The fourth-order valence-electron chi connectivity index (χ4n) is 3.41. The Bertz CT molecular complexity index is 946. The summed E-state index contributed by atoms with van der Waals surface area (Å²) < 4.78 is 11.1. The van der Waals surface area contributed by atoms with E-state index in [1.807, 2.05) is 0 Å². The highest BCUT2D eigenvalue weighted by molar-refractivity contribution is 6.17. The number of esters is 1. The normalized spacial score (nSPS) is 16.8. The zero-order chi connectivity index (χ0) is 23.3. The number of dihydropyridines is 1. The molecule has 0 aliphatic carbocycles. The molecule has 168 valence electrons. The van der Waals surface area contributed by atoms with Gasteiger partial charge in [0.05, 0.1) is 23.7 Å². The van der Waals surface area contributed by atoms with Crippen LogP contribution in [0.2, 0.25) is 0 Å². The van der Waals surface area contributed by atoms with Crippen molar-refractivity contribution in [2.45, 2.75) is 46.1 Å². The van der Waals surface area contributed by atoms with Crippen LogP contribution in [0.1, 0.15) is 46.1 Å².